The molecule has 0 radical (unpaired) electrons. The first-order valence-electron chi connectivity index (χ1n) is 5.13. The van der Waals surface area contributed by atoms with E-state index in [-0.39, 0.29) is 6.10 Å². The van der Waals surface area contributed by atoms with Crippen LogP contribution in [0.1, 0.15) is 27.2 Å². The van der Waals surface area contributed by atoms with Crippen molar-refractivity contribution in [2.24, 2.45) is 5.73 Å². The highest BCUT2D eigenvalue weighted by atomic mass is 16.5. The van der Waals surface area contributed by atoms with Crippen molar-refractivity contribution < 1.29 is 4.74 Å². The normalized spacial score (nSPS) is 14.1. The van der Waals surface area contributed by atoms with Crippen LogP contribution in [-0.2, 0) is 4.74 Å². The molecule has 13 heavy (non-hydrogen) atoms. The third-order valence-corrected chi connectivity index (χ3v) is 2.35. The molecule has 0 aliphatic carbocycles. The van der Waals surface area contributed by atoms with Crippen LogP contribution in [0.3, 0.4) is 0 Å². The van der Waals surface area contributed by atoms with E-state index in [0.29, 0.717) is 12.6 Å². The van der Waals surface area contributed by atoms with Crippen LogP contribution in [0.15, 0.2) is 0 Å². The smallest absolute Gasteiger partial charge is 0.0709 e. The van der Waals surface area contributed by atoms with Gasteiger partial charge in [0.2, 0.25) is 0 Å². The Balaban J connectivity index is 3.58. The molecule has 3 nitrogen and oxygen atoms in total. The zero-order valence-corrected chi connectivity index (χ0v) is 9.42. The molecule has 0 saturated heterocycles. The molecule has 0 rings (SSSR count). The van der Waals surface area contributed by atoms with Gasteiger partial charge in [0.05, 0.1) is 6.10 Å². The van der Waals surface area contributed by atoms with Gasteiger partial charge < -0.3 is 15.4 Å². The summed E-state index contributed by atoms with van der Waals surface area (Å²) in [6.45, 7) is 8.83. The van der Waals surface area contributed by atoms with Gasteiger partial charge in [0.25, 0.3) is 0 Å². The Labute approximate surface area is 82.2 Å². The lowest BCUT2D eigenvalue weighted by atomic mass is 10.2. The van der Waals surface area contributed by atoms with E-state index < -0.39 is 0 Å². The summed E-state index contributed by atoms with van der Waals surface area (Å²) in [7, 11) is 2.13. The van der Waals surface area contributed by atoms with E-state index in [9.17, 15) is 0 Å². The molecular weight excluding hydrogens is 164 g/mol. The Morgan fingerprint density at radius 2 is 2.00 bits per heavy atom. The lowest BCUT2D eigenvalue weighted by Gasteiger charge is -2.23. The summed E-state index contributed by atoms with van der Waals surface area (Å²) in [5.74, 6) is 0. The van der Waals surface area contributed by atoms with Gasteiger partial charge in [0.15, 0.2) is 0 Å². The molecule has 1 atom stereocenters. The monoisotopic (exact) mass is 188 g/mol. The summed E-state index contributed by atoms with van der Waals surface area (Å²) >= 11 is 0. The Morgan fingerprint density at radius 1 is 1.38 bits per heavy atom. The second-order valence-corrected chi connectivity index (χ2v) is 3.68. The molecule has 0 fully saturated rings. The minimum Gasteiger partial charge on any atom is -0.377 e. The van der Waals surface area contributed by atoms with Crippen molar-refractivity contribution in [3.63, 3.8) is 0 Å². The molecule has 0 aromatic heterocycles. The van der Waals surface area contributed by atoms with Crippen molar-refractivity contribution in [3.8, 4) is 0 Å². The van der Waals surface area contributed by atoms with E-state index in [0.717, 1.165) is 19.6 Å². The van der Waals surface area contributed by atoms with Crippen LogP contribution >= 0.6 is 0 Å². The summed E-state index contributed by atoms with van der Waals surface area (Å²) in [4.78, 5) is 2.31. The van der Waals surface area contributed by atoms with E-state index in [4.69, 9.17) is 10.5 Å². The highest BCUT2D eigenvalue weighted by molar-refractivity contribution is 4.63. The summed E-state index contributed by atoms with van der Waals surface area (Å²) < 4.78 is 5.47. The Kier molecular flexibility index (Phi) is 7.23. The second-order valence-electron chi connectivity index (χ2n) is 3.68. The number of nitrogens with zero attached hydrogens (tertiary/aromatic N) is 1. The number of nitrogens with two attached hydrogens (primary N) is 1. The van der Waals surface area contributed by atoms with Gasteiger partial charge in [0, 0.05) is 25.7 Å². The molecule has 0 amide bonds. The van der Waals surface area contributed by atoms with Crippen LogP contribution in [0.5, 0.6) is 0 Å². The van der Waals surface area contributed by atoms with Gasteiger partial charge in [-0.3, -0.25) is 0 Å². The van der Waals surface area contributed by atoms with E-state index >= 15 is 0 Å². The minimum atomic E-state index is 0.228. The number of hydrogen-bond donors (Lipinski definition) is 1. The SMILES string of the molecule is CCOC(CN)CCN(C)C(C)C. The summed E-state index contributed by atoms with van der Waals surface area (Å²) in [5.41, 5.74) is 5.58. The zero-order valence-electron chi connectivity index (χ0n) is 9.42. The van der Waals surface area contributed by atoms with Crippen LogP contribution in [0.4, 0.5) is 0 Å². The average Bonchev–Trinajstić information content (AvgIpc) is 2.11. The lowest BCUT2D eigenvalue weighted by molar-refractivity contribution is 0.0542. The van der Waals surface area contributed by atoms with Crippen molar-refractivity contribution in [3.05, 3.63) is 0 Å². The molecule has 0 bridgehead atoms. The van der Waals surface area contributed by atoms with Crippen molar-refractivity contribution in [2.75, 3.05) is 26.7 Å². The molecule has 80 valence electrons. The highest BCUT2D eigenvalue weighted by Crippen LogP contribution is 2.01. The van der Waals surface area contributed by atoms with Crippen molar-refractivity contribution >= 4 is 0 Å². The number of ether oxygens (including phenoxy) is 1. The fourth-order valence-corrected chi connectivity index (χ4v) is 1.11. The van der Waals surface area contributed by atoms with Gasteiger partial charge in [0.1, 0.15) is 0 Å². The third kappa shape index (κ3) is 6.02. The van der Waals surface area contributed by atoms with Gasteiger partial charge in [-0.25, -0.2) is 0 Å². The molecule has 0 saturated carbocycles. The van der Waals surface area contributed by atoms with E-state index in [2.05, 4.69) is 25.8 Å². The maximum atomic E-state index is 5.58. The first kappa shape index (κ1) is 12.9. The van der Waals surface area contributed by atoms with Crippen molar-refractivity contribution in [1.29, 1.82) is 0 Å². The Bertz CT molecular complexity index is 117. The molecule has 2 N–H and O–H groups in total. The fourth-order valence-electron chi connectivity index (χ4n) is 1.11. The fraction of sp³-hybridized carbons (Fsp3) is 1.00. The number of rotatable bonds is 7. The Morgan fingerprint density at radius 3 is 2.38 bits per heavy atom. The number of hydrogen-bond acceptors (Lipinski definition) is 3. The van der Waals surface area contributed by atoms with Crippen LogP contribution in [0.2, 0.25) is 0 Å². The van der Waals surface area contributed by atoms with Gasteiger partial charge in [-0.2, -0.15) is 0 Å². The Hall–Kier alpha value is -0.120. The first-order valence-corrected chi connectivity index (χ1v) is 5.13. The predicted octanol–water partition coefficient (Wildman–Crippen LogP) is 1.08. The lowest BCUT2D eigenvalue weighted by Crippen LogP contribution is -2.33. The molecule has 0 aromatic rings. The van der Waals surface area contributed by atoms with Crippen LogP contribution in [0, 0.1) is 0 Å². The molecule has 0 heterocycles. The van der Waals surface area contributed by atoms with Crippen LogP contribution in [0.25, 0.3) is 0 Å². The quantitative estimate of drug-likeness (QED) is 0.650. The maximum absolute atomic E-state index is 5.58. The molecule has 0 aliphatic rings. The molecule has 3 heteroatoms. The highest BCUT2D eigenvalue weighted by Gasteiger charge is 2.09. The standard InChI is InChI=1S/C10H24N2O/c1-5-13-10(8-11)6-7-12(4)9(2)3/h9-10H,5-8,11H2,1-4H3. The van der Waals surface area contributed by atoms with Gasteiger partial charge in [-0.1, -0.05) is 0 Å². The van der Waals surface area contributed by atoms with E-state index in [1.165, 1.54) is 0 Å². The largest absolute Gasteiger partial charge is 0.377 e. The predicted molar refractivity (Wildman–Crippen MR) is 56.9 cm³/mol. The summed E-state index contributed by atoms with van der Waals surface area (Å²) in [6.07, 6.45) is 1.25. The second kappa shape index (κ2) is 7.30. The summed E-state index contributed by atoms with van der Waals surface area (Å²) in [6, 6.07) is 0.597. The van der Waals surface area contributed by atoms with E-state index in [1.807, 2.05) is 6.92 Å². The molecule has 0 aromatic carbocycles. The van der Waals surface area contributed by atoms with Gasteiger partial charge >= 0.3 is 0 Å². The topological polar surface area (TPSA) is 38.5 Å². The van der Waals surface area contributed by atoms with Gasteiger partial charge in [-0.05, 0) is 34.2 Å². The molecular formula is C10H24N2O. The summed E-state index contributed by atoms with van der Waals surface area (Å²) in [5, 5.41) is 0. The minimum absolute atomic E-state index is 0.228. The maximum Gasteiger partial charge on any atom is 0.0709 e. The first-order chi connectivity index (χ1) is 6.11. The zero-order chi connectivity index (χ0) is 10.3. The van der Waals surface area contributed by atoms with Crippen molar-refractivity contribution in [2.45, 2.75) is 39.3 Å². The van der Waals surface area contributed by atoms with Gasteiger partial charge in [-0.15, -0.1) is 0 Å². The molecule has 1 unspecified atom stereocenters. The van der Waals surface area contributed by atoms with Crippen LogP contribution < -0.4 is 5.73 Å². The van der Waals surface area contributed by atoms with Crippen LogP contribution in [-0.4, -0.2) is 43.8 Å². The van der Waals surface area contributed by atoms with Crippen molar-refractivity contribution in [1.82, 2.24) is 4.90 Å². The van der Waals surface area contributed by atoms with E-state index in [1.54, 1.807) is 0 Å². The molecule has 0 spiro atoms. The molecule has 0 aliphatic heterocycles. The third-order valence-electron chi connectivity index (χ3n) is 2.35. The average molecular weight is 188 g/mol.